The third-order valence-corrected chi connectivity index (χ3v) is 4.87. The second-order valence-corrected chi connectivity index (χ2v) is 6.31. The van der Waals surface area contributed by atoms with Gasteiger partial charge in [0.2, 0.25) is 0 Å². The van der Waals surface area contributed by atoms with Crippen LogP contribution in [0.15, 0.2) is 11.6 Å². The minimum Gasteiger partial charge on any atom is -0.311 e. The zero-order chi connectivity index (χ0) is 15.0. The minimum atomic E-state index is 0.324. The number of hydrogen-bond acceptors (Lipinski definition) is 4. The van der Waals surface area contributed by atoms with Crippen molar-refractivity contribution in [3.05, 3.63) is 28.1 Å². The lowest BCUT2D eigenvalue weighted by molar-refractivity contribution is 0.565. The average molecular weight is 324 g/mol. The minimum absolute atomic E-state index is 0.324. The number of alkyl halides is 1. The summed E-state index contributed by atoms with van der Waals surface area (Å²) in [6.45, 7) is 7.91. The van der Waals surface area contributed by atoms with E-state index in [4.69, 9.17) is 11.6 Å². The summed E-state index contributed by atoms with van der Waals surface area (Å²) in [4.78, 5) is 9.07. The molecule has 0 radical (unpaired) electrons. The predicted molar refractivity (Wildman–Crippen MR) is 86.0 cm³/mol. The Morgan fingerprint density at radius 2 is 2.24 bits per heavy atom. The van der Waals surface area contributed by atoms with E-state index in [9.17, 15) is 0 Å². The van der Waals surface area contributed by atoms with Gasteiger partial charge in [-0.15, -0.1) is 22.9 Å². The van der Waals surface area contributed by atoms with Crippen molar-refractivity contribution < 1.29 is 0 Å². The molecule has 3 heterocycles. The zero-order valence-electron chi connectivity index (χ0n) is 12.4. The highest BCUT2D eigenvalue weighted by atomic mass is 35.5. The summed E-state index contributed by atoms with van der Waals surface area (Å²) in [6, 6.07) is 0. The van der Waals surface area contributed by atoms with E-state index in [0.717, 1.165) is 40.8 Å². The highest BCUT2D eigenvalue weighted by Crippen LogP contribution is 2.26. The van der Waals surface area contributed by atoms with Gasteiger partial charge in [-0.1, -0.05) is 6.92 Å². The van der Waals surface area contributed by atoms with Crippen LogP contribution in [0.5, 0.6) is 0 Å². The molecule has 0 amide bonds. The predicted octanol–water partition coefficient (Wildman–Crippen LogP) is 3.56. The molecule has 0 fully saturated rings. The van der Waals surface area contributed by atoms with E-state index in [1.165, 1.54) is 0 Å². The van der Waals surface area contributed by atoms with E-state index in [1.807, 2.05) is 23.2 Å². The van der Waals surface area contributed by atoms with Gasteiger partial charge in [0, 0.05) is 30.6 Å². The first-order chi connectivity index (χ1) is 10.2. The Kier molecular flexibility index (Phi) is 3.99. The second kappa shape index (κ2) is 5.77. The van der Waals surface area contributed by atoms with Gasteiger partial charge in [-0.3, -0.25) is 0 Å². The molecule has 112 valence electrons. The molecular formula is C14H18ClN5S. The number of imidazole rings is 1. The number of thiazole rings is 1. The molecule has 0 saturated heterocycles. The van der Waals surface area contributed by atoms with Crippen LogP contribution >= 0.6 is 22.9 Å². The lowest BCUT2D eigenvalue weighted by atomic mass is 10.2. The van der Waals surface area contributed by atoms with Crippen molar-refractivity contribution in [2.45, 2.75) is 45.7 Å². The largest absolute Gasteiger partial charge is 0.311 e. The lowest BCUT2D eigenvalue weighted by Crippen LogP contribution is -2.12. The molecule has 0 N–H and O–H groups in total. The molecule has 0 saturated carbocycles. The van der Waals surface area contributed by atoms with Crippen LogP contribution < -0.4 is 0 Å². The van der Waals surface area contributed by atoms with E-state index in [-0.39, 0.29) is 0 Å². The Morgan fingerprint density at radius 1 is 1.43 bits per heavy atom. The quantitative estimate of drug-likeness (QED) is 0.674. The highest BCUT2D eigenvalue weighted by molar-refractivity contribution is 7.09. The molecule has 3 aromatic rings. The summed E-state index contributed by atoms with van der Waals surface area (Å²) < 4.78 is 4.19. The molecule has 21 heavy (non-hydrogen) atoms. The van der Waals surface area contributed by atoms with Crippen molar-refractivity contribution in [2.24, 2.45) is 0 Å². The van der Waals surface area contributed by atoms with Gasteiger partial charge < -0.3 is 4.57 Å². The molecule has 7 heteroatoms. The Balaban J connectivity index is 2.07. The van der Waals surface area contributed by atoms with Gasteiger partial charge in [-0.05, 0) is 13.8 Å². The topological polar surface area (TPSA) is 48.5 Å². The molecule has 1 unspecified atom stereocenters. The van der Waals surface area contributed by atoms with Crippen molar-refractivity contribution in [3.63, 3.8) is 0 Å². The fraction of sp³-hybridized carbons (Fsp3) is 0.500. The summed E-state index contributed by atoms with van der Waals surface area (Å²) in [7, 11) is 0. The molecule has 0 aromatic carbocycles. The standard InChI is InChI=1S/C14H18ClN5S/c1-4-20-14-12(10(3)18-20)17-11(7-15)19(14)8-9(2)13-16-5-6-21-13/h5-6,9H,4,7-8H2,1-3H3. The molecule has 3 rings (SSSR count). The Bertz CT molecular complexity index is 743. The normalized spacial score (nSPS) is 13.1. The molecule has 0 aliphatic heterocycles. The number of nitrogens with zero attached hydrogens (tertiary/aromatic N) is 5. The lowest BCUT2D eigenvalue weighted by Gasteiger charge is -2.13. The fourth-order valence-corrected chi connectivity index (χ4v) is 3.51. The number of hydrogen-bond donors (Lipinski definition) is 0. The highest BCUT2D eigenvalue weighted by Gasteiger charge is 2.20. The van der Waals surface area contributed by atoms with Crippen molar-refractivity contribution >= 4 is 34.1 Å². The molecule has 1 atom stereocenters. The molecular weight excluding hydrogens is 306 g/mol. The summed E-state index contributed by atoms with van der Waals surface area (Å²) in [6.07, 6.45) is 1.85. The SMILES string of the molecule is CCn1nc(C)c2nc(CCl)n(CC(C)c3nccs3)c21. The zero-order valence-corrected chi connectivity index (χ0v) is 13.9. The molecule has 0 aliphatic carbocycles. The first kappa shape index (κ1) is 14.5. The van der Waals surface area contributed by atoms with Crippen LogP contribution in [0.1, 0.15) is 36.3 Å². The number of fused-ring (bicyclic) bond motifs is 1. The third kappa shape index (κ3) is 2.46. The molecule has 5 nitrogen and oxygen atoms in total. The monoisotopic (exact) mass is 323 g/mol. The van der Waals surface area contributed by atoms with Gasteiger partial charge in [0.05, 0.1) is 16.6 Å². The molecule has 0 aliphatic rings. The average Bonchev–Trinajstić information content (AvgIpc) is 3.17. The smallest absolute Gasteiger partial charge is 0.158 e. The Labute approximate surface area is 132 Å². The van der Waals surface area contributed by atoms with Gasteiger partial charge in [0.15, 0.2) is 5.65 Å². The van der Waals surface area contributed by atoms with Crippen LogP contribution in [0.3, 0.4) is 0 Å². The summed E-state index contributed by atoms with van der Waals surface area (Å²) in [5, 5.41) is 7.70. The second-order valence-electron chi connectivity index (χ2n) is 5.12. The van der Waals surface area contributed by atoms with Crippen LogP contribution in [0, 0.1) is 6.92 Å². The van der Waals surface area contributed by atoms with Crippen LogP contribution in [-0.4, -0.2) is 24.3 Å². The first-order valence-corrected chi connectivity index (χ1v) is 8.45. The van der Waals surface area contributed by atoms with Gasteiger partial charge in [0.1, 0.15) is 11.3 Å². The maximum atomic E-state index is 6.09. The van der Waals surface area contributed by atoms with E-state index in [2.05, 4.69) is 33.5 Å². The number of halogens is 1. The third-order valence-electron chi connectivity index (χ3n) is 3.63. The van der Waals surface area contributed by atoms with Crippen molar-refractivity contribution in [3.8, 4) is 0 Å². The molecule has 3 aromatic heterocycles. The van der Waals surface area contributed by atoms with Gasteiger partial charge >= 0.3 is 0 Å². The summed E-state index contributed by atoms with van der Waals surface area (Å²) in [5.41, 5.74) is 2.98. The maximum Gasteiger partial charge on any atom is 0.158 e. The van der Waals surface area contributed by atoms with E-state index in [1.54, 1.807) is 11.3 Å². The van der Waals surface area contributed by atoms with Crippen LogP contribution in [0.4, 0.5) is 0 Å². The summed E-state index contributed by atoms with van der Waals surface area (Å²) in [5.74, 6) is 1.63. The summed E-state index contributed by atoms with van der Waals surface area (Å²) >= 11 is 7.78. The first-order valence-electron chi connectivity index (χ1n) is 7.03. The van der Waals surface area contributed by atoms with Crippen LogP contribution in [0.25, 0.3) is 11.2 Å². The maximum absolute atomic E-state index is 6.09. The Hall–Kier alpha value is -1.40. The van der Waals surface area contributed by atoms with Gasteiger partial charge in [-0.25, -0.2) is 14.6 Å². The fourth-order valence-electron chi connectivity index (χ4n) is 2.61. The Morgan fingerprint density at radius 3 is 2.86 bits per heavy atom. The van der Waals surface area contributed by atoms with Crippen molar-refractivity contribution in [1.82, 2.24) is 24.3 Å². The van der Waals surface area contributed by atoms with Crippen LogP contribution in [0.2, 0.25) is 0 Å². The van der Waals surface area contributed by atoms with Crippen molar-refractivity contribution in [2.75, 3.05) is 0 Å². The van der Waals surface area contributed by atoms with Crippen LogP contribution in [-0.2, 0) is 19.0 Å². The number of aryl methyl sites for hydroxylation is 2. The number of aromatic nitrogens is 5. The van der Waals surface area contributed by atoms with Gasteiger partial charge in [-0.2, -0.15) is 5.10 Å². The van der Waals surface area contributed by atoms with Gasteiger partial charge in [0.25, 0.3) is 0 Å². The van der Waals surface area contributed by atoms with E-state index >= 15 is 0 Å². The molecule has 0 spiro atoms. The van der Waals surface area contributed by atoms with E-state index < -0.39 is 0 Å². The number of rotatable bonds is 5. The van der Waals surface area contributed by atoms with E-state index in [0.29, 0.717) is 11.8 Å². The van der Waals surface area contributed by atoms with Crippen molar-refractivity contribution in [1.29, 1.82) is 0 Å². The molecule has 0 bridgehead atoms.